The van der Waals surface area contributed by atoms with Crippen molar-refractivity contribution < 1.29 is 8.78 Å². The minimum atomic E-state index is -0.408. The first kappa shape index (κ1) is 19.1. The van der Waals surface area contributed by atoms with Crippen molar-refractivity contribution in [2.24, 2.45) is 10.9 Å². The Morgan fingerprint density at radius 3 is 2.82 bits per heavy atom. The van der Waals surface area contributed by atoms with Crippen LogP contribution in [-0.4, -0.2) is 25.6 Å². The summed E-state index contributed by atoms with van der Waals surface area (Å²) in [6, 6.07) is 4.04. The van der Waals surface area contributed by atoms with Crippen molar-refractivity contribution in [1.29, 1.82) is 0 Å². The molecule has 22 heavy (non-hydrogen) atoms. The van der Waals surface area contributed by atoms with Crippen LogP contribution in [0.25, 0.3) is 0 Å². The van der Waals surface area contributed by atoms with Crippen LogP contribution in [0.4, 0.5) is 8.78 Å². The molecule has 0 aromatic heterocycles. The zero-order valence-corrected chi connectivity index (χ0v) is 15.4. The minimum Gasteiger partial charge on any atom is -0.356 e. The predicted octanol–water partition coefficient (Wildman–Crippen LogP) is 3.48. The van der Waals surface area contributed by atoms with Crippen molar-refractivity contribution in [2.45, 2.75) is 38.6 Å². The van der Waals surface area contributed by atoms with Crippen LogP contribution in [0.15, 0.2) is 23.2 Å². The van der Waals surface area contributed by atoms with Crippen LogP contribution in [0, 0.1) is 17.6 Å². The maximum absolute atomic E-state index is 13.5. The molecule has 0 bridgehead atoms. The van der Waals surface area contributed by atoms with Gasteiger partial charge in [0.2, 0.25) is 0 Å². The number of aliphatic imine (C=N–C) groups is 1. The fourth-order valence-corrected chi connectivity index (χ4v) is 2.53. The largest absolute Gasteiger partial charge is 0.356 e. The third kappa shape index (κ3) is 5.70. The molecule has 1 aromatic rings. The summed E-state index contributed by atoms with van der Waals surface area (Å²) in [7, 11) is 1.72. The van der Waals surface area contributed by atoms with Gasteiger partial charge in [-0.3, -0.25) is 4.99 Å². The summed E-state index contributed by atoms with van der Waals surface area (Å²) in [4.78, 5) is 4.16. The van der Waals surface area contributed by atoms with Gasteiger partial charge in [0, 0.05) is 19.6 Å². The second-order valence-electron chi connectivity index (χ2n) is 5.52. The first-order valence-corrected chi connectivity index (χ1v) is 7.55. The van der Waals surface area contributed by atoms with E-state index in [-0.39, 0.29) is 29.8 Å². The highest BCUT2D eigenvalue weighted by molar-refractivity contribution is 14.0. The van der Waals surface area contributed by atoms with Crippen molar-refractivity contribution >= 4 is 29.9 Å². The molecular formula is C16H24F2IN3. The van der Waals surface area contributed by atoms with Gasteiger partial charge >= 0.3 is 0 Å². The van der Waals surface area contributed by atoms with Gasteiger partial charge < -0.3 is 10.6 Å². The SMILES string of the molecule is CCCC1CC1NC(=NC)NCCc1cc(F)ccc1F.I. The smallest absolute Gasteiger partial charge is 0.191 e. The molecule has 1 fully saturated rings. The Morgan fingerprint density at radius 2 is 2.14 bits per heavy atom. The Kier molecular flexibility index (Phi) is 8.06. The van der Waals surface area contributed by atoms with E-state index in [0.29, 0.717) is 24.6 Å². The number of halogens is 3. The van der Waals surface area contributed by atoms with E-state index in [1.54, 1.807) is 7.05 Å². The molecule has 0 saturated heterocycles. The number of nitrogens with zero attached hydrogens (tertiary/aromatic N) is 1. The fraction of sp³-hybridized carbons (Fsp3) is 0.562. The number of hydrogen-bond acceptors (Lipinski definition) is 1. The molecule has 2 N–H and O–H groups in total. The lowest BCUT2D eigenvalue weighted by molar-refractivity contribution is 0.582. The molecule has 0 spiro atoms. The van der Waals surface area contributed by atoms with E-state index >= 15 is 0 Å². The van der Waals surface area contributed by atoms with Crippen LogP contribution in [0.3, 0.4) is 0 Å². The summed E-state index contributed by atoms with van der Waals surface area (Å²) in [6.45, 7) is 2.71. The highest BCUT2D eigenvalue weighted by atomic mass is 127. The van der Waals surface area contributed by atoms with Gasteiger partial charge in [-0.2, -0.15) is 0 Å². The quantitative estimate of drug-likeness (QED) is 0.418. The molecule has 3 nitrogen and oxygen atoms in total. The molecule has 1 saturated carbocycles. The summed E-state index contributed by atoms with van der Waals surface area (Å²) < 4.78 is 26.6. The minimum absolute atomic E-state index is 0. The lowest BCUT2D eigenvalue weighted by atomic mass is 10.1. The normalized spacial score (nSPS) is 20.3. The summed E-state index contributed by atoms with van der Waals surface area (Å²) in [5.41, 5.74) is 0.383. The third-order valence-corrected chi connectivity index (χ3v) is 3.82. The van der Waals surface area contributed by atoms with E-state index in [9.17, 15) is 8.78 Å². The van der Waals surface area contributed by atoms with Gasteiger partial charge in [0.15, 0.2) is 5.96 Å². The van der Waals surface area contributed by atoms with Crippen LogP contribution < -0.4 is 10.6 Å². The van der Waals surface area contributed by atoms with Crippen molar-refractivity contribution in [3.63, 3.8) is 0 Å². The topological polar surface area (TPSA) is 36.4 Å². The summed E-state index contributed by atoms with van der Waals surface area (Å²) in [6.07, 6.45) is 4.05. The molecular weight excluding hydrogens is 399 g/mol. The Bertz CT molecular complexity index is 508. The van der Waals surface area contributed by atoms with E-state index in [1.807, 2.05) is 0 Å². The average molecular weight is 423 g/mol. The van der Waals surface area contributed by atoms with E-state index < -0.39 is 5.82 Å². The van der Waals surface area contributed by atoms with Crippen LogP contribution in [0.5, 0.6) is 0 Å². The van der Waals surface area contributed by atoms with E-state index in [2.05, 4.69) is 22.5 Å². The predicted molar refractivity (Wildman–Crippen MR) is 96.8 cm³/mol. The Labute approximate surface area is 148 Å². The fourth-order valence-electron chi connectivity index (χ4n) is 2.53. The van der Waals surface area contributed by atoms with Gasteiger partial charge in [-0.15, -0.1) is 24.0 Å². The molecule has 2 atom stereocenters. The lowest BCUT2D eigenvalue weighted by Gasteiger charge is -2.12. The van der Waals surface area contributed by atoms with Crippen LogP contribution in [-0.2, 0) is 6.42 Å². The Hall–Kier alpha value is -0.920. The van der Waals surface area contributed by atoms with Gasteiger partial charge in [-0.1, -0.05) is 13.3 Å². The van der Waals surface area contributed by atoms with Gasteiger partial charge in [-0.05, 0) is 48.9 Å². The molecule has 6 heteroatoms. The highest BCUT2D eigenvalue weighted by Crippen LogP contribution is 2.34. The van der Waals surface area contributed by atoms with Gasteiger partial charge in [0.05, 0.1) is 0 Å². The van der Waals surface area contributed by atoms with Crippen molar-refractivity contribution in [3.05, 3.63) is 35.4 Å². The summed E-state index contributed by atoms with van der Waals surface area (Å²) in [5, 5.41) is 6.51. The van der Waals surface area contributed by atoms with Gasteiger partial charge in [0.25, 0.3) is 0 Å². The van der Waals surface area contributed by atoms with Crippen molar-refractivity contribution in [2.75, 3.05) is 13.6 Å². The molecule has 124 valence electrons. The number of rotatable bonds is 6. The first-order chi connectivity index (χ1) is 10.1. The second-order valence-corrected chi connectivity index (χ2v) is 5.52. The average Bonchev–Trinajstić information content (AvgIpc) is 3.20. The number of nitrogens with one attached hydrogen (secondary N) is 2. The number of benzene rings is 1. The third-order valence-electron chi connectivity index (χ3n) is 3.82. The number of hydrogen-bond donors (Lipinski definition) is 2. The van der Waals surface area contributed by atoms with Crippen molar-refractivity contribution in [1.82, 2.24) is 10.6 Å². The molecule has 2 rings (SSSR count). The zero-order valence-electron chi connectivity index (χ0n) is 13.0. The lowest BCUT2D eigenvalue weighted by Crippen LogP contribution is -2.40. The summed E-state index contributed by atoms with van der Waals surface area (Å²) in [5.74, 6) is 0.699. The molecule has 0 heterocycles. The Balaban J connectivity index is 0.00000242. The molecule has 1 aliphatic carbocycles. The second kappa shape index (κ2) is 9.27. The molecule has 2 unspecified atom stereocenters. The molecule has 0 amide bonds. The molecule has 0 radical (unpaired) electrons. The van der Waals surface area contributed by atoms with Crippen LogP contribution >= 0.6 is 24.0 Å². The Morgan fingerprint density at radius 1 is 1.36 bits per heavy atom. The van der Waals surface area contributed by atoms with E-state index in [0.717, 1.165) is 24.0 Å². The van der Waals surface area contributed by atoms with Gasteiger partial charge in [0.1, 0.15) is 11.6 Å². The monoisotopic (exact) mass is 423 g/mol. The van der Waals surface area contributed by atoms with Crippen molar-refractivity contribution in [3.8, 4) is 0 Å². The number of guanidine groups is 1. The van der Waals surface area contributed by atoms with Gasteiger partial charge in [-0.25, -0.2) is 8.78 Å². The zero-order chi connectivity index (χ0) is 15.2. The van der Waals surface area contributed by atoms with Crippen LogP contribution in [0.2, 0.25) is 0 Å². The van der Waals surface area contributed by atoms with E-state index in [4.69, 9.17) is 0 Å². The first-order valence-electron chi connectivity index (χ1n) is 7.55. The molecule has 0 aliphatic heterocycles. The summed E-state index contributed by atoms with van der Waals surface area (Å²) >= 11 is 0. The highest BCUT2D eigenvalue weighted by Gasteiger charge is 2.36. The van der Waals surface area contributed by atoms with Crippen LogP contribution in [0.1, 0.15) is 31.7 Å². The molecule has 1 aliphatic rings. The standard InChI is InChI=1S/C16H23F2N3.HI/c1-3-4-12-10-15(12)21-16(19-2)20-8-7-11-9-13(17)5-6-14(11)18;/h5-6,9,12,15H,3-4,7-8,10H2,1-2H3,(H2,19,20,21);1H. The molecule has 1 aromatic carbocycles. The maximum atomic E-state index is 13.5. The maximum Gasteiger partial charge on any atom is 0.191 e. The van der Waals surface area contributed by atoms with E-state index in [1.165, 1.54) is 25.3 Å².